The van der Waals surface area contributed by atoms with Crippen LogP contribution in [0.4, 0.5) is 0 Å². The lowest BCUT2D eigenvalue weighted by Gasteiger charge is -2.15. The molecule has 2 aromatic heterocycles. The topological polar surface area (TPSA) is 39.9 Å². The minimum atomic E-state index is -1.03. The van der Waals surface area contributed by atoms with Gasteiger partial charge < -0.3 is 4.74 Å². The molecule has 20 heavy (non-hydrogen) atoms. The summed E-state index contributed by atoms with van der Waals surface area (Å²) in [5, 5.41) is 4.32. The summed E-state index contributed by atoms with van der Waals surface area (Å²) in [5.74, 6) is 0. The summed E-state index contributed by atoms with van der Waals surface area (Å²) in [4.78, 5) is 4.32. The largest absolute Gasteiger partial charge is 0.360 e. The molecule has 0 aromatic carbocycles. The Balaban J connectivity index is 1.97. The second-order valence-corrected chi connectivity index (χ2v) is 12.7. The van der Waals surface area contributed by atoms with E-state index in [9.17, 15) is 0 Å². The average molecular weight is 401 g/mol. The van der Waals surface area contributed by atoms with Gasteiger partial charge in [0.2, 0.25) is 0 Å². The summed E-state index contributed by atoms with van der Waals surface area (Å²) >= 11 is 2.20. The van der Waals surface area contributed by atoms with Gasteiger partial charge in [-0.2, -0.15) is 5.10 Å². The maximum absolute atomic E-state index is 5.75. The van der Waals surface area contributed by atoms with Crippen molar-refractivity contribution in [1.29, 1.82) is 0 Å². The Bertz CT molecular complexity index is 548. The highest BCUT2D eigenvalue weighted by Gasteiger charge is 2.12. The molecule has 0 fully saturated rings. The van der Waals surface area contributed by atoms with E-state index >= 15 is 0 Å². The van der Waals surface area contributed by atoms with Crippen LogP contribution in [0.1, 0.15) is 0 Å². The molecule has 0 aliphatic rings. The van der Waals surface area contributed by atoms with Crippen molar-refractivity contribution in [1.82, 2.24) is 14.8 Å². The Hall–Kier alpha value is -0.733. The predicted octanol–water partition coefficient (Wildman–Crippen LogP) is 3.86. The van der Waals surface area contributed by atoms with E-state index in [1.54, 1.807) is 6.20 Å². The highest BCUT2D eigenvalue weighted by Crippen LogP contribution is 2.18. The van der Waals surface area contributed by atoms with Gasteiger partial charge in [0.15, 0.2) is 0 Å². The summed E-state index contributed by atoms with van der Waals surface area (Å²) in [5.41, 5.74) is 2.11. The fraction of sp³-hybridized carbons (Fsp3) is 0.429. The van der Waals surface area contributed by atoms with Gasteiger partial charge in [0.1, 0.15) is 10.4 Å². The molecular formula is C14H20IN3OSi. The van der Waals surface area contributed by atoms with Crippen LogP contribution in [0.2, 0.25) is 25.7 Å². The summed E-state index contributed by atoms with van der Waals surface area (Å²) in [6.07, 6.45) is 3.67. The smallest absolute Gasteiger partial charge is 0.139 e. The van der Waals surface area contributed by atoms with Crippen LogP contribution < -0.4 is 0 Å². The third-order valence-corrected chi connectivity index (χ3v) is 5.29. The van der Waals surface area contributed by atoms with Gasteiger partial charge in [-0.15, -0.1) is 0 Å². The number of nitrogens with zero attached hydrogens (tertiary/aromatic N) is 3. The monoisotopic (exact) mass is 401 g/mol. The van der Waals surface area contributed by atoms with E-state index in [-0.39, 0.29) is 0 Å². The Labute approximate surface area is 134 Å². The van der Waals surface area contributed by atoms with Gasteiger partial charge in [0.25, 0.3) is 0 Å². The molecular weight excluding hydrogens is 381 g/mol. The van der Waals surface area contributed by atoms with E-state index in [2.05, 4.69) is 58.4 Å². The molecule has 2 rings (SSSR count). The van der Waals surface area contributed by atoms with Crippen molar-refractivity contribution in [2.24, 2.45) is 0 Å². The molecule has 0 saturated heterocycles. The molecule has 0 N–H and O–H groups in total. The number of pyridine rings is 1. The van der Waals surface area contributed by atoms with Gasteiger partial charge in [-0.25, -0.2) is 9.67 Å². The fourth-order valence-corrected chi connectivity index (χ4v) is 2.81. The summed E-state index contributed by atoms with van der Waals surface area (Å²) in [6.45, 7) is 8.37. The molecule has 0 unspecified atom stereocenters. The molecule has 0 amide bonds. The van der Waals surface area contributed by atoms with E-state index in [0.717, 1.165) is 21.6 Å². The van der Waals surface area contributed by atoms with Crippen molar-refractivity contribution in [3.63, 3.8) is 0 Å². The van der Waals surface area contributed by atoms with Crippen molar-refractivity contribution in [2.45, 2.75) is 32.4 Å². The Morgan fingerprint density at radius 2 is 2.05 bits per heavy atom. The molecule has 0 aliphatic heterocycles. The number of hydrogen-bond donors (Lipinski definition) is 0. The van der Waals surface area contributed by atoms with Gasteiger partial charge in [-0.3, -0.25) is 0 Å². The zero-order chi connectivity index (χ0) is 14.6. The summed E-state index contributed by atoms with van der Waals surface area (Å²) < 4.78 is 8.63. The zero-order valence-electron chi connectivity index (χ0n) is 12.1. The van der Waals surface area contributed by atoms with E-state index in [4.69, 9.17) is 4.74 Å². The van der Waals surface area contributed by atoms with Crippen LogP contribution in [-0.4, -0.2) is 29.4 Å². The second-order valence-electron chi connectivity index (χ2n) is 5.93. The van der Waals surface area contributed by atoms with Crippen LogP contribution in [0.15, 0.2) is 30.6 Å². The van der Waals surface area contributed by atoms with Gasteiger partial charge in [0.05, 0.1) is 5.69 Å². The van der Waals surface area contributed by atoms with Gasteiger partial charge in [0, 0.05) is 32.6 Å². The highest BCUT2D eigenvalue weighted by atomic mass is 127. The molecule has 2 heterocycles. The number of ether oxygens (including phenoxy) is 1. The fourth-order valence-electron chi connectivity index (χ4n) is 1.74. The molecule has 0 spiro atoms. The number of hydrogen-bond acceptors (Lipinski definition) is 3. The lowest BCUT2D eigenvalue weighted by atomic mass is 10.2. The third kappa shape index (κ3) is 4.67. The number of halogens is 1. The molecule has 0 bridgehead atoms. The molecule has 4 nitrogen and oxygen atoms in total. The van der Waals surface area contributed by atoms with Gasteiger partial charge >= 0.3 is 0 Å². The SMILES string of the molecule is C[Si](C)(C)CCOCn1nccc1-c1ccc(I)nc1. The first kappa shape index (κ1) is 15.7. The van der Waals surface area contributed by atoms with Crippen LogP contribution in [-0.2, 0) is 11.5 Å². The van der Waals surface area contributed by atoms with Crippen molar-refractivity contribution in [3.8, 4) is 11.3 Å². The second kappa shape index (κ2) is 6.82. The predicted molar refractivity (Wildman–Crippen MR) is 92.3 cm³/mol. The molecule has 0 radical (unpaired) electrons. The minimum absolute atomic E-state index is 0.499. The summed E-state index contributed by atoms with van der Waals surface area (Å²) in [6, 6.07) is 7.23. The van der Waals surface area contributed by atoms with Crippen LogP contribution in [0.25, 0.3) is 11.3 Å². The van der Waals surface area contributed by atoms with Crippen molar-refractivity contribution in [2.75, 3.05) is 6.61 Å². The van der Waals surface area contributed by atoms with Crippen molar-refractivity contribution in [3.05, 3.63) is 34.3 Å². The molecule has 108 valence electrons. The van der Waals surface area contributed by atoms with Crippen LogP contribution >= 0.6 is 22.6 Å². The highest BCUT2D eigenvalue weighted by molar-refractivity contribution is 14.1. The molecule has 6 heteroatoms. The Morgan fingerprint density at radius 3 is 2.70 bits per heavy atom. The first-order valence-corrected chi connectivity index (χ1v) is 11.5. The first-order valence-electron chi connectivity index (χ1n) is 6.67. The van der Waals surface area contributed by atoms with E-state index < -0.39 is 8.07 Å². The van der Waals surface area contributed by atoms with E-state index in [1.165, 1.54) is 6.04 Å². The number of rotatable bonds is 6. The standard InChI is InChI=1S/C14H20IN3OSi/c1-20(2,3)9-8-19-11-18-13(6-7-17-18)12-4-5-14(15)16-10-12/h4-7,10H,8-9,11H2,1-3H3. The maximum atomic E-state index is 5.75. The first-order chi connectivity index (χ1) is 9.46. The third-order valence-electron chi connectivity index (χ3n) is 2.95. The van der Waals surface area contributed by atoms with E-state index in [0.29, 0.717) is 6.73 Å². The van der Waals surface area contributed by atoms with Crippen LogP contribution in [0.3, 0.4) is 0 Å². The average Bonchev–Trinajstić information content (AvgIpc) is 2.83. The number of aromatic nitrogens is 3. The zero-order valence-corrected chi connectivity index (χ0v) is 15.3. The van der Waals surface area contributed by atoms with E-state index in [1.807, 2.05) is 23.0 Å². The van der Waals surface area contributed by atoms with Gasteiger partial charge in [-0.1, -0.05) is 19.6 Å². The maximum Gasteiger partial charge on any atom is 0.139 e. The Kier molecular flexibility index (Phi) is 5.33. The quantitative estimate of drug-likeness (QED) is 0.319. The molecule has 0 atom stereocenters. The van der Waals surface area contributed by atoms with Crippen molar-refractivity contribution >= 4 is 30.7 Å². The molecule has 2 aromatic rings. The molecule has 0 aliphatic carbocycles. The van der Waals surface area contributed by atoms with Crippen molar-refractivity contribution < 1.29 is 4.74 Å². The minimum Gasteiger partial charge on any atom is -0.360 e. The normalized spacial score (nSPS) is 11.8. The Morgan fingerprint density at radius 1 is 1.25 bits per heavy atom. The lowest BCUT2D eigenvalue weighted by Crippen LogP contribution is -2.22. The summed E-state index contributed by atoms with van der Waals surface area (Å²) in [7, 11) is -1.03. The molecule has 0 saturated carbocycles. The lowest BCUT2D eigenvalue weighted by molar-refractivity contribution is 0.0798. The van der Waals surface area contributed by atoms with Crippen LogP contribution in [0.5, 0.6) is 0 Å². The van der Waals surface area contributed by atoms with Crippen LogP contribution in [0, 0.1) is 3.70 Å². The van der Waals surface area contributed by atoms with Gasteiger partial charge in [-0.05, 0) is 46.8 Å².